The highest BCUT2D eigenvalue weighted by atomic mass is 16.5. The van der Waals surface area contributed by atoms with Crippen molar-refractivity contribution >= 4 is 34.5 Å². The maximum atomic E-state index is 12.7. The van der Waals surface area contributed by atoms with Crippen LogP contribution in [0.4, 0.5) is 17.6 Å². The summed E-state index contributed by atoms with van der Waals surface area (Å²) in [6.07, 6.45) is 1.75. The number of rotatable bonds is 8. The van der Waals surface area contributed by atoms with E-state index in [0.717, 1.165) is 25.2 Å². The molecule has 0 radical (unpaired) electrons. The number of amides is 1. The summed E-state index contributed by atoms with van der Waals surface area (Å²) in [6, 6.07) is 4.19. The molecule has 0 bridgehead atoms. The van der Waals surface area contributed by atoms with E-state index in [4.69, 9.17) is 14.7 Å². The highest BCUT2D eigenvalue weighted by Gasteiger charge is 2.26. The van der Waals surface area contributed by atoms with Crippen LogP contribution in [0, 0.1) is 6.92 Å². The average molecular weight is 454 g/mol. The van der Waals surface area contributed by atoms with Gasteiger partial charge in [0.15, 0.2) is 11.5 Å². The van der Waals surface area contributed by atoms with E-state index in [1.165, 1.54) is 0 Å². The van der Waals surface area contributed by atoms with Gasteiger partial charge < -0.3 is 25.6 Å². The van der Waals surface area contributed by atoms with Gasteiger partial charge in [-0.1, -0.05) is 0 Å². The summed E-state index contributed by atoms with van der Waals surface area (Å²) in [6.45, 7) is 9.96. The van der Waals surface area contributed by atoms with Gasteiger partial charge in [0.2, 0.25) is 5.95 Å². The number of aromatic nitrogens is 5. The van der Waals surface area contributed by atoms with E-state index >= 15 is 0 Å². The fourth-order valence-corrected chi connectivity index (χ4v) is 3.87. The van der Waals surface area contributed by atoms with E-state index in [-0.39, 0.29) is 11.6 Å². The first-order valence-electron chi connectivity index (χ1n) is 11.3. The number of hydrogen-bond donors (Lipinski definition) is 3. The standard InChI is InChI=1S/C22H31N9O2/c1-5-33-11-10-31-19-17(18(29-31)21(32)23-4)27-22(30-9-8-24-15(3)13-30)28-20(19)26-16-12-14(2)6-7-25-16/h6-7,12,15,24H,5,8-11,13H2,1-4H3,(H,23,32)(H,25,26,27,28)/t15-/m1/s1. The third kappa shape index (κ3) is 5.04. The van der Waals surface area contributed by atoms with Crippen molar-refractivity contribution < 1.29 is 9.53 Å². The Hall–Kier alpha value is -3.31. The SMILES string of the molecule is CCOCCn1nc(C(=O)NC)c2nc(N3CCN[C@H](C)C3)nc(Nc3cc(C)ccn3)c21. The lowest BCUT2D eigenvalue weighted by Crippen LogP contribution is -2.49. The Morgan fingerprint density at radius 1 is 1.36 bits per heavy atom. The van der Waals surface area contributed by atoms with Crippen LogP contribution >= 0.6 is 0 Å². The molecule has 1 saturated heterocycles. The molecule has 3 N–H and O–H groups in total. The lowest BCUT2D eigenvalue weighted by atomic mass is 10.2. The Morgan fingerprint density at radius 2 is 2.21 bits per heavy atom. The third-order valence-corrected chi connectivity index (χ3v) is 5.48. The Morgan fingerprint density at radius 3 is 2.94 bits per heavy atom. The van der Waals surface area contributed by atoms with Crippen molar-refractivity contribution in [2.75, 3.05) is 50.1 Å². The van der Waals surface area contributed by atoms with Gasteiger partial charge in [0, 0.05) is 45.5 Å². The van der Waals surface area contributed by atoms with Crippen molar-refractivity contribution in [1.29, 1.82) is 0 Å². The zero-order chi connectivity index (χ0) is 23.4. The van der Waals surface area contributed by atoms with Crippen molar-refractivity contribution in [2.45, 2.75) is 33.4 Å². The topological polar surface area (TPSA) is 122 Å². The largest absolute Gasteiger partial charge is 0.380 e. The van der Waals surface area contributed by atoms with Crippen molar-refractivity contribution in [3.63, 3.8) is 0 Å². The molecule has 4 heterocycles. The van der Waals surface area contributed by atoms with E-state index in [1.54, 1.807) is 17.9 Å². The molecular formula is C22H31N9O2. The van der Waals surface area contributed by atoms with Gasteiger partial charge in [0.25, 0.3) is 5.91 Å². The van der Waals surface area contributed by atoms with E-state index in [1.807, 2.05) is 26.0 Å². The second-order valence-corrected chi connectivity index (χ2v) is 8.06. The number of nitrogens with one attached hydrogen (secondary N) is 3. The quantitative estimate of drug-likeness (QED) is 0.435. The summed E-state index contributed by atoms with van der Waals surface area (Å²) < 4.78 is 7.27. The molecule has 1 aliphatic heterocycles. The highest BCUT2D eigenvalue weighted by molar-refractivity contribution is 6.06. The van der Waals surface area contributed by atoms with Gasteiger partial charge in [-0.2, -0.15) is 10.1 Å². The Balaban J connectivity index is 1.87. The molecule has 0 aliphatic carbocycles. The molecule has 0 saturated carbocycles. The maximum absolute atomic E-state index is 12.7. The first-order valence-corrected chi connectivity index (χ1v) is 11.3. The molecule has 11 heteroatoms. The summed E-state index contributed by atoms with van der Waals surface area (Å²) in [5, 5.41) is 14.0. The van der Waals surface area contributed by atoms with Crippen LogP contribution in [0.1, 0.15) is 29.9 Å². The van der Waals surface area contributed by atoms with Crippen LogP contribution in [0.5, 0.6) is 0 Å². The monoisotopic (exact) mass is 453 g/mol. The third-order valence-electron chi connectivity index (χ3n) is 5.48. The summed E-state index contributed by atoms with van der Waals surface area (Å²) in [5.74, 6) is 1.47. The number of pyridine rings is 1. The molecule has 3 aromatic heterocycles. The van der Waals surface area contributed by atoms with Crippen LogP contribution in [-0.4, -0.2) is 76.6 Å². The number of carbonyl (C=O) groups excluding carboxylic acids is 1. The summed E-state index contributed by atoms with van der Waals surface area (Å²) in [5.41, 5.74) is 2.47. The number of anilines is 3. The first kappa shape index (κ1) is 22.9. The first-order chi connectivity index (χ1) is 16.0. The van der Waals surface area contributed by atoms with Gasteiger partial charge in [-0.05, 0) is 38.5 Å². The smallest absolute Gasteiger partial charge is 0.273 e. The Labute approximate surface area is 192 Å². The van der Waals surface area contributed by atoms with Crippen molar-refractivity contribution in [3.8, 4) is 0 Å². The number of aryl methyl sites for hydroxylation is 1. The van der Waals surface area contributed by atoms with E-state index < -0.39 is 0 Å². The fraction of sp³-hybridized carbons (Fsp3) is 0.500. The molecule has 1 aliphatic rings. The van der Waals surface area contributed by atoms with Crippen LogP contribution in [0.15, 0.2) is 18.3 Å². The summed E-state index contributed by atoms with van der Waals surface area (Å²) in [4.78, 5) is 28.9. The minimum absolute atomic E-state index is 0.260. The second-order valence-electron chi connectivity index (χ2n) is 8.06. The lowest BCUT2D eigenvalue weighted by Gasteiger charge is -2.32. The normalized spacial score (nSPS) is 16.2. The van der Waals surface area contributed by atoms with Crippen molar-refractivity contribution in [1.82, 2.24) is 35.4 Å². The molecule has 1 amide bonds. The van der Waals surface area contributed by atoms with Gasteiger partial charge in [-0.15, -0.1) is 0 Å². The zero-order valence-corrected chi connectivity index (χ0v) is 19.6. The van der Waals surface area contributed by atoms with Crippen LogP contribution < -0.4 is 20.9 Å². The summed E-state index contributed by atoms with van der Waals surface area (Å²) in [7, 11) is 1.59. The van der Waals surface area contributed by atoms with Crippen molar-refractivity contribution in [3.05, 3.63) is 29.6 Å². The molecule has 0 unspecified atom stereocenters. The molecule has 176 valence electrons. The van der Waals surface area contributed by atoms with Gasteiger partial charge in [0.1, 0.15) is 16.9 Å². The van der Waals surface area contributed by atoms with E-state index in [0.29, 0.717) is 54.4 Å². The van der Waals surface area contributed by atoms with Crippen molar-refractivity contribution in [2.24, 2.45) is 0 Å². The van der Waals surface area contributed by atoms with E-state index in [9.17, 15) is 4.79 Å². The predicted octanol–water partition coefficient (Wildman–Crippen LogP) is 1.47. The predicted molar refractivity (Wildman–Crippen MR) is 127 cm³/mol. The van der Waals surface area contributed by atoms with Crippen LogP contribution in [-0.2, 0) is 11.3 Å². The molecule has 0 spiro atoms. The molecule has 33 heavy (non-hydrogen) atoms. The molecule has 0 aromatic carbocycles. The number of piperazine rings is 1. The second kappa shape index (κ2) is 10.1. The highest BCUT2D eigenvalue weighted by Crippen LogP contribution is 2.29. The van der Waals surface area contributed by atoms with Gasteiger partial charge in [-0.25, -0.2) is 9.97 Å². The molecular weight excluding hydrogens is 422 g/mol. The van der Waals surface area contributed by atoms with Gasteiger partial charge in [-0.3, -0.25) is 9.48 Å². The van der Waals surface area contributed by atoms with Gasteiger partial charge >= 0.3 is 0 Å². The van der Waals surface area contributed by atoms with Gasteiger partial charge in [0.05, 0.1) is 13.2 Å². The number of fused-ring (bicyclic) bond motifs is 1. The number of carbonyl (C=O) groups is 1. The van der Waals surface area contributed by atoms with Crippen LogP contribution in [0.2, 0.25) is 0 Å². The minimum atomic E-state index is -0.298. The number of ether oxygens (including phenoxy) is 1. The summed E-state index contributed by atoms with van der Waals surface area (Å²) >= 11 is 0. The molecule has 3 aromatic rings. The van der Waals surface area contributed by atoms with Crippen LogP contribution in [0.3, 0.4) is 0 Å². The Kier molecular flexibility index (Phi) is 6.99. The van der Waals surface area contributed by atoms with Crippen LogP contribution in [0.25, 0.3) is 11.0 Å². The molecule has 11 nitrogen and oxygen atoms in total. The Bertz CT molecular complexity index is 1130. The molecule has 1 atom stereocenters. The average Bonchev–Trinajstić information content (AvgIpc) is 3.17. The zero-order valence-electron chi connectivity index (χ0n) is 19.6. The molecule has 1 fully saturated rings. The number of nitrogens with zero attached hydrogens (tertiary/aromatic N) is 6. The lowest BCUT2D eigenvalue weighted by molar-refractivity contribution is 0.0957. The number of hydrogen-bond acceptors (Lipinski definition) is 9. The molecule has 4 rings (SSSR count). The van der Waals surface area contributed by atoms with E-state index in [2.05, 4.69) is 37.9 Å². The maximum Gasteiger partial charge on any atom is 0.273 e. The fourth-order valence-electron chi connectivity index (χ4n) is 3.87. The minimum Gasteiger partial charge on any atom is -0.380 e.